The van der Waals surface area contributed by atoms with Gasteiger partial charge in [-0.15, -0.1) is 0 Å². The van der Waals surface area contributed by atoms with Gasteiger partial charge in [-0.25, -0.2) is 0 Å². The van der Waals surface area contributed by atoms with Crippen LogP contribution in [-0.2, 0) is 4.79 Å². The van der Waals surface area contributed by atoms with E-state index >= 15 is 0 Å². The van der Waals surface area contributed by atoms with Gasteiger partial charge < -0.3 is 11.1 Å². The Labute approximate surface area is 97.6 Å². The number of nitrogens with one attached hydrogen (secondary N) is 1. The second-order valence-corrected chi connectivity index (χ2v) is 5.38. The lowest BCUT2D eigenvalue weighted by atomic mass is 9.93. The summed E-state index contributed by atoms with van der Waals surface area (Å²) in [5.74, 6) is 0.749. The van der Waals surface area contributed by atoms with Crippen molar-refractivity contribution in [2.24, 2.45) is 11.7 Å². The summed E-state index contributed by atoms with van der Waals surface area (Å²) < 4.78 is 0. The second kappa shape index (κ2) is 4.72. The first-order valence-electron chi connectivity index (χ1n) is 6.38. The van der Waals surface area contributed by atoms with Gasteiger partial charge in [0.25, 0.3) is 0 Å². The first-order chi connectivity index (χ1) is 7.58. The standard InChI is InChI=1S/C12H23N3O/c1-8-5-6-15(7-11(8)13)9(2)12(16)14-10-3-4-10/h8-11H,3-7,13H2,1-2H3,(H,14,16). The molecular weight excluding hydrogens is 202 g/mol. The zero-order valence-electron chi connectivity index (χ0n) is 10.3. The molecule has 92 valence electrons. The largest absolute Gasteiger partial charge is 0.352 e. The van der Waals surface area contributed by atoms with E-state index in [0.29, 0.717) is 12.0 Å². The summed E-state index contributed by atoms with van der Waals surface area (Å²) in [5.41, 5.74) is 6.05. The molecule has 1 aliphatic heterocycles. The number of nitrogens with two attached hydrogens (primary N) is 1. The van der Waals surface area contributed by atoms with E-state index in [2.05, 4.69) is 17.1 Å². The minimum absolute atomic E-state index is 0.0286. The highest BCUT2D eigenvalue weighted by molar-refractivity contribution is 5.81. The maximum absolute atomic E-state index is 11.9. The van der Waals surface area contributed by atoms with Crippen LogP contribution in [0.4, 0.5) is 0 Å². The monoisotopic (exact) mass is 225 g/mol. The fraction of sp³-hybridized carbons (Fsp3) is 0.917. The summed E-state index contributed by atoms with van der Waals surface area (Å²) in [6, 6.07) is 0.636. The van der Waals surface area contributed by atoms with Crippen molar-refractivity contribution in [3.8, 4) is 0 Å². The van der Waals surface area contributed by atoms with E-state index in [9.17, 15) is 4.79 Å². The molecule has 4 nitrogen and oxygen atoms in total. The minimum atomic E-state index is -0.0286. The molecule has 3 unspecified atom stereocenters. The van der Waals surface area contributed by atoms with Crippen molar-refractivity contribution in [3.63, 3.8) is 0 Å². The predicted molar refractivity (Wildman–Crippen MR) is 64.0 cm³/mol. The van der Waals surface area contributed by atoms with E-state index in [-0.39, 0.29) is 18.0 Å². The Morgan fingerprint density at radius 1 is 1.44 bits per heavy atom. The minimum Gasteiger partial charge on any atom is -0.352 e. The average molecular weight is 225 g/mol. The number of hydrogen-bond donors (Lipinski definition) is 2. The van der Waals surface area contributed by atoms with Gasteiger partial charge >= 0.3 is 0 Å². The fourth-order valence-corrected chi connectivity index (χ4v) is 2.19. The molecule has 0 bridgehead atoms. The molecule has 16 heavy (non-hydrogen) atoms. The summed E-state index contributed by atoms with van der Waals surface area (Å²) in [7, 11) is 0. The lowest BCUT2D eigenvalue weighted by molar-refractivity contribution is -0.126. The van der Waals surface area contributed by atoms with Gasteiger partial charge in [0.15, 0.2) is 0 Å². The third-order valence-corrected chi connectivity index (χ3v) is 3.90. The molecule has 1 aliphatic carbocycles. The Morgan fingerprint density at radius 2 is 2.12 bits per heavy atom. The average Bonchev–Trinajstić information content (AvgIpc) is 3.05. The highest BCUT2D eigenvalue weighted by Crippen LogP contribution is 2.21. The predicted octanol–water partition coefficient (Wildman–Crippen LogP) is 0.323. The van der Waals surface area contributed by atoms with E-state index in [1.807, 2.05) is 6.92 Å². The van der Waals surface area contributed by atoms with Crippen LogP contribution in [-0.4, -0.2) is 42.0 Å². The number of amides is 1. The zero-order chi connectivity index (χ0) is 11.7. The molecule has 1 amide bonds. The highest BCUT2D eigenvalue weighted by atomic mass is 16.2. The fourth-order valence-electron chi connectivity index (χ4n) is 2.19. The zero-order valence-corrected chi connectivity index (χ0v) is 10.3. The quantitative estimate of drug-likeness (QED) is 0.727. The van der Waals surface area contributed by atoms with Gasteiger partial charge in [-0.05, 0) is 38.6 Å². The van der Waals surface area contributed by atoms with E-state index < -0.39 is 0 Å². The van der Waals surface area contributed by atoms with Gasteiger partial charge in [0, 0.05) is 18.6 Å². The van der Waals surface area contributed by atoms with Crippen LogP contribution >= 0.6 is 0 Å². The number of carbonyl (C=O) groups is 1. The summed E-state index contributed by atoms with van der Waals surface area (Å²) >= 11 is 0. The van der Waals surface area contributed by atoms with Gasteiger partial charge in [0.1, 0.15) is 0 Å². The van der Waals surface area contributed by atoms with Crippen LogP contribution in [0.5, 0.6) is 0 Å². The number of hydrogen-bond acceptors (Lipinski definition) is 3. The van der Waals surface area contributed by atoms with Crippen molar-refractivity contribution < 1.29 is 4.79 Å². The molecule has 2 aliphatic rings. The number of nitrogens with zero attached hydrogens (tertiary/aromatic N) is 1. The first kappa shape index (κ1) is 11.9. The van der Waals surface area contributed by atoms with Crippen molar-refractivity contribution in [2.45, 2.75) is 51.2 Å². The molecule has 1 heterocycles. The van der Waals surface area contributed by atoms with Gasteiger partial charge in [-0.1, -0.05) is 6.92 Å². The Kier molecular flexibility index (Phi) is 3.50. The first-order valence-corrected chi connectivity index (χ1v) is 6.38. The van der Waals surface area contributed by atoms with Crippen LogP contribution in [0, 0.1) is 5.92 Å². The van der Waals surface area contributed by atoms with Crippen LogP contribution in [0.25, 0.3) is 0 Å². The highest BCUT2D eigenvalue weighted by Gasteiger charge is 2.31. The number of carbonyl (C=O) groups excluding carboxylic acids is 1. The van der Waals surface area contributed by atoms with Gasteiger partial charge in [-0.2, -0.15) is 0 Å². The molecule has 2 rings (SSSR count). The number of piperidine rings is 1. The molecule has 4 heteroatoms. The Hall–Kier alpha value is -0.610. The van der Waals surface area contributed by atoms with Crippen LogP contribution in [0.1, 0.15) is 33.1 Å². The molecular formula is C12H23N3O. The lowest BCUT2D eigenvalue weighted by Crippen LogP contribution is -2.54. The molecule has 0 aromatic heterocycles. The molecule has 0 aromatic rings. The van der Waals surface area contributed by atoms with Crippen LogP contribution in [0.2, 0.25) is 0 Å². The van der Waals surface area contributed by atoms with Crippen LogP contribution < -0.4 is 11.1 Å². The Morgan fingerprint density at radius 3 is 2.69 bits per heavy atom. The van der Waals surface area contributed by atoms with Crippen LogP contribution in [0.3, 0.4) is 0 Å². The SMILES string of the molecule is CC1CCN(C(C)C(=O)NC2CC2)CC1N. The van der Waals surface area contributed by atoms with Crippen LogP contribution in [0.15, 0.2) is 0 Å². The third-order valence-electron chi connectivity index (χ3n) is 3.90. The maximum atomic E-state index is 11.9. The molecule has 0 aromatic carbocycles. The number of rotatable bonds is 3. The summed E-state index contributed by atoms with van der Waals surface area (Å²) in [6.07, 6.45) is 3.40. The molecule has 3 atom stereocenters. The number of likely N-dealkylation sites (tertiary alicyclic amines) is 1. The Balaban J connectivity index is 1.83. The third kappa shape index (κ3) is 2.74. The van der Waals surface area contributed by atoms with Gasteiger partial charge in [0.05, 0.1) is 6.04 Å². The normalized spacial score (nSPS) is 33.4. The topological polar surface area (TPSA) is 58.4 Å². The summed E-state index contributed by atoms with van der Waals surface area (Å²) in [6.45, 7) is 6.02. The van der Waals surface area contributed by atoms with Crippen molar-refractivity contribution >= 4 is 5.91 Å². The smallest absolute Gasteiger partial charge is 0.237 e. The van der Waals surface area contributed by atoms with E-state index in [0.717, 1.165) is 32.4 Å². The molecule has 2 fully saturated rings. The summed E-state index contributed by atoms with van der Waals surface area (Å²) in [4.78, 5) is 14.1. The molecule has 1 saturated carbocycles. The molecule has 3 N–H and O–H groups in total. The molecule has 0 radical (unpaired) electrons. The van der Waals surface area contributed by atoms with Crippen molar-refractivity contribution in [1.29, 1.82) is 0 Å². The van der Waals surface area contributed by atoms with E-state index in [4.69, 9.17) is 5.73 Å². The van der Waals surface area contributed by atoms with Crippen molar-refractivity contribution in [1.82, 2.24) is 10.2 Å². The van der Waals surface area contributed by atoms with E-state index in [1.165, 1.54) is 0 Å². The van der Waals surface area contributed by atoms with Crippen molar-refractivity contribution in [3.05, 3.63) is 0 Å². The molecule has 1 saturated heterocycles. The van der Waals surface area contributed by atoms with Crippen molar-refractivity contribution in [2.75, 3.05) is 13.1 Å². The lowest BCUT2D eigenvalue weighted by Gasteiger charge is -2.38. The van der Waals surface area contributed by atoms with Gasteiger partial charge in [-0.3, -0.25) is 9.69 Å². The molecule has 0 spiro atoms. The van der Waals surface area contributed by atoms with E-state index in [1.54, 1.807) is 0 Å². The Bertz CT molecular complexity index is 265. The van der Waals surface area contributed by atoms with Gasteiger partial charge in [0.2, 0.25) is 5.91 Å². The maximum Gasteiger partial charge on any atom is 0.237 e. The summed E-state index contributed by atoms with van der Waals surface area (Å²) in [5, 5.41) is 3.06. The second-order valence-electron chi connectivity index (χ2n) is 5.38.